The summed E-state index contributed by atoms with van der Waals surface area (Å²) >= 11 is 5.84. The molecule has 2 N–H and O–H groups in total. The molecule has 0 radical (unpaired) electrons. The number of benzene rings is 1. The van der Waals surface area contributed by atoms with E-state index in [1.165, 1.54) is 11.3 Å². The van der Waals surface area contributed by atoms with Crippen LogP contribution in [0.15, 0.2) is 79.3 Å². The Kier molecular flexibility index (Phi) is 8.02. The van der Waals surface area contributed by atoms with Gasteiger partial charge in [-0.05, 0) is 79.5 Å². The summed E-state index contributed by atoms with van der Waals surface area (Å²) in [5, 5.41) is 7.24. The first kappa shape index (κ1) is 26.6. The lowest BCUT2D eigenvalue weighted by molar-refractivity contribution is -0.116. The van der Waals surface area contributed by atoms with Gasteiger partial charge in [-0.25, -0.2) is 0 Å². The van der Waals surface area contributed by atoms with Gasteiger partial charge in [0.1, 0.15) is 0 Å². The van der Waals surface area contributed by atoms with Crippen molar-refractivity contribution in [3.05, 3.63) is 113 Å². The molecule has 5 rings (SSSR count). The first-order valence-electron chi connectivity index (χ1n) is 13.4. The van der Waals surface area contributed by atoms with Gasteiger partial charge < -0.3 is 20.1 Å². The first-order chi connectivity index (χ1) is 19.0. The summed E-state index contributed by atoms with van der Waals surface area (Å²) < 4.78 is 2.32. The molecule has 0 spiro atoms. The van der Waals surface area contributed by atoms with Gasteiger partial charge in [0.15, 0.2) is 5.11 Å². The highest BCUT2D eigenvalue weighted by atomic mass is 32.1. The van der Waals surface area contributed by atoms with Crippen LogP contribution >= 0.6 is 12.2 Å². The van der Waals surface area contributed by atoms with E-state index >= 15 is 0 Å². The van der Waals surface area contributed by atoms with Crippen molar-refractivity contribution < 1.29 is 4.79 Å². The Morgan fingerprint density at radius 1 is 1.08 bits per heavy atom. The molecule has 4 aromatic rings. The fourth-order valence-electron chi connectivity index (χ4n) is 5.41. The topological polar surface area (TPSA) is 75.1 Å². The summed E-state index contributed by atoms with van der Waals surface area (Å²) in [7, 11) is 0. The van der Waals surface area contributed by atoms with Crippen molar-refractivity contribution in [2.24, 2.45) is 0 Å². The van der Waals surface area contributed by atoms with Crippen molar-refractivity contribution in [1.82, 2.24) is 24.8 Å². The van der Waals surface area contributed by atoms with Gasteiger partial charge in [0, 0.05) is 55.2 Å². The lowest BCUT2D eigenvalue weighted by atomic mass is 9.96. The van der Waals surface area contributed by atoms with Crippen LogP contribution in [0.4, 0.5) is 5.69 Å². The van der Waals surface area contributed by atoms with Crippen molar-refractivity contribution >= 4 is 28.9 Å². The second-order valence-corrected chi connectivity index (χ2v) is 10.3. The molecular formula is C31H34N6OS. The summed E-state index contributed by atoms with van der Waals surface area (Å²) in [6, 6.07) is 20.0. The molecule has 200 valence electrons. The number of anilines is 1. The molecule has 0 bridgehead atoms. The minimum Gasteiger partial charge on any atom is -0.352 e. The minimum atomic E-state index is -0.130. The monoisotopic (exact) mass is 538 g/mol. The molecule has 1 aliphatic rings. The fraction of sp³-hybridized carbons (Fsp3) is 0.290. The minimum absolute atomic E-state index is 0.0270. The van der Waals surface area contributed by atoms with E-state index in [9.17, 15) is 4.79 Å². The van der Waals surface area contributed by atoms with Crippen molar-refractivity contribution in [3.63, 3.8) is 0 Å². The van der Waals surface area contributed by atoms with Gasteiger partial charge in [-0.2, -0.15) is 0 Å². The molecule has 3 aromatic heterocycles. The maximum absolute atomic E-state index is 13.0. The van der Waals surface area contributed by atoms with Gasteiger partial charge in [0.25, 0.3) is 0 Å². The molecule has 4 heterocycles. The zero-order chi connectivity index (χ0) is 27.4. The molecule has 1 amide bonds. The first-order valence-corrected chi connectivity index (χ1v) is 13.8. The predicted molar refractivity (Wildman–Crippen MR) is 158 cm³/mol. The van der Waals surface area contributed by atoms with E-state index in [4.69, 9.17) is 12.2 Å². The Hall–Kier alpha value is -4.04. The van der Waals surface area contributed by atoms with E-state index in [-0.39, 0.29) is 18.0 Å². The third-order valence-electron chi connectivity index (χ3n) is 7.44. The molecule has 1 aromatic carbocycles. The quantitative estimate of drug-likeness (QED) is 0.274. The Balaban J connectivity index is 1.43. The van der Waals surface area contributed by atoms with Crippen LogP contribution in [0.5, 0.6) is 0 Å². The summed E-state index contributed by atoms with van der Waals surface area (Å²) in [6.07, 6.45) is 6.69. The normalized spacial score (nSPS) is 16.8. The summed E-state index contributed by atoms with van der Waals surface area (Å²) in [5.41, 5.74) is 7.57. The van der Waals surface area contributed by atoms with Gasteiger partial charge >= 0.3 is 0 Å². The van der Waals surface area contributed by atoms with Crippen LogP contribution in [0.25, 0.3) is 0 Å². The number of amides is 1. The average molecular weight is 539 g/mol. The number of carbonyl (C=O) groups is 1. The largest absolute Gasteiger partial charge is 0.352 e. The number of nitrogens with zero attached hydrogens (tertiary/aromatic N) is 4. The summed E-state index contributed by atoms with van der Waals surface area (Å²) in [4.78, 5) is 24.1. The molecule has 7 nitrogen and oxygen atoms in total. The van der Waals surface area contributed by atoms with Crippen LogP contribution in [-0.2, 0) is 17.8 Å². The molecule has 8 heteroatoms. The lowest BCUT2D eigenvalue weighted by Crippen LogP contribution is -2.33. The van der Waals surface area contributed by atoms with Gasteiger partial charge in [-0.3, -0.25) is 14.8 Å². The maximum Gasteiger partial charge on any atom is 0.226 e. The number of aromatic nitrogens is 3. The highest BCUT2D eigenvalue weighted by Crippen LogP contribution is 2.41. The van der Waals surface area contributed by atoms with Gasteiger partial charge in [0.2, 0.25) is 5.91 Å². The number of aryl methyl sites for hydroxylation is 2. The molecule has 0 aliphatic carbocycles. The highest BCUT2D eigenvalue weighted by molar-refractivity contribution is 7.80. The molecule has 0 unspecified atom stereocenters. The number of hydrogen-bond acceptors (Lipinski definition) is 4. The van der Waals surface area contributed by atoms with Crippen molar-refractivity contribution in [3.8, 4) is 0 Å². The van der Waals surface area contributed by atoms with E-state index in [0.29, 0.717) is 18.1 Å². The molecule has 1 aliphatic heterocycles. The molecular weight excluding hydrogens is 504 g/mol. The molecule has 1 fully saturated rings. The van der Waals surface area contributed by atoms with E-state index in [1.807, 2.05) is 60.9 Å². The summed E-state index contributed by atoms with van der Waals surface area (Å²) in [6.45, 7) is 7.61. The number of rotatable bonds is 9. The highest BCUT2D eigenvalue weighted by Gasteiger charge is 2.41. The zero-order valence-corrected chi connectivity index (χ0v) is 23.4. The van der Waals surface area contributed by atoms with E-state index in [0.717, 1.165) is 41.2 Å². The second-order valence-electron chi connectivity index (χ2n) is 9.90. The van der Waals surface area contributed by atoms with Crippen molar-refractivity contribution in [2.75, 3.05) is 11.9 Å². The van der Waals surface area contributed by atoms with Gasteiger partial charge in [-0.1, -0.05) is 37.3 Å². The number of carbonyl (C=O) groups excluding carboxylic acids is 1. The van der Waals surface area contributed by atoms with Crippen LogP contribution in [-0.4, -0.2) is 37.0 Å². The zero-order valence-electron chi connectivity index (χ0n) is 22.6. The van der Waals surface area contributed by atoms with E-state index in [2.05, 4.69) is 63.0 Å². The number of hydrogen-bond donors (Lipinski definition) is 2. The van der Waals surface area contributed by atoms with Gasteiger partial charge in [0.05, 0.1) is 17.8 Å². The standard InChI is InChI=1S/C31H34N6OS/c1-4-24-11-5-6-12-26(24)34-28(38)14-17-36-30(29(35-31(36)39)27-13-7-8-16-33-27)25-18-21(2)37(22(25)3)20-23-10-9-15-32-19-23/h5-13,15-16,18-19,29-30H,4,14,17,20H2,1-3H3,(H,34,38)(H,35,39)/t29-,30-/m0/s1. The third kappa shape index (κ3) is 5.71. The Morgan fingerprint density at radius 3 is 2.64 bits per heavy atom. The van der Waals surface area contributed by atoms with Crippen LogP contribution in [0.2, 0.25) is 0 Å². The average Bonchev–Trinajstić information content (AvgIpc) is 3.43. The van der Waals surface area contributed by atoms with E-state index < -0.39 is 0 Å². The Labute approximate surface area is 235 Å². The summed E-state index contributed by atoms with van der Waals surface area (Å²) in [5.74, 6) is -0.0270. The number of thiocarbonyl (C=S) groups is 1. The molecule has 1 saturated heterocycles. The van der Waals surface area contributed by atoms with Crippen molar-refractivity contribution in [2.45, 2.75) is 52.2 Å². The van der Waals surface area contributed by atoms with Crippen molar-refractivity contribution in [1.29, 1.82) is 0 Å². The maximum atomic E-state index is 13.0. The number of pyridine rings is 2. The predicted octanol–water partition coefficient (Wildman–Crippen LogP) is 5.51. The Morgan fingerprint density at radius 2 is 1.90 bits per heavy atom. The van der Waals surface area contributed by atoms with E-state index in [1.54, 1.807) is 6.20 Å². The lowest BCUT2D eigenvalue weighted by Gasteiger charge is -2.28. The van der Waals surface area contributed by atoms with Gasteiger partial charge in [-0.15, -0.1) is 0 Å². The SMILES string of the molecule is CCc1ccccc1NC(=O)CCN1C(=S)N[C@@H](c2ccccn2)[C@@H]1c1cc(C)n(Cc2cccnc2)c1C. The van der Waals surface area contributed by atoms with Crippen LogP contribution in [0.1, 0.15) is 59.2 Å². The third-order valence-corrected chi connectivity index (χ3v) is 7.80. The number of nitrogens with one attached hydrogen (secondary N) is 2. The Bertz CT molecular complexity index is 1450. The molecule has 39 heavy (non-hydrogen) atoms. The van der Waals surface area contributed by atoms with Crippen LogP contribution in [0.3, 0.4) is 0 Å². The fourth-order valence-corrected chi connectivity index (χ4v) is 5.75. The molecule has 2 atom stereocenters. The van der Waals surface area contributed by atoms with Crippen LogP contribution in [0, 0.1) is 13.8 Å². The number of para-hydroxylation sites is 1. The second kappa shape index (κ2) is 11.8. The smallest absolute Gasteiger partial charge is 0.226 e. The molecule has 0 saturated carbocycles. The van der Waals surface area contributed by atoms with Crippen LogP contribution < -0.4 is 10.6 Å².